The van der Waals surface area contributed by atoms with Crippen LogP contribution in [0.5, 0.6) is 0 Å². The van der Waals surface area contributed by atoms with Gasteiger partial charge < -0.3 is 21.0 Å². The molecule has 1 saturated carbocycles. The molecule has 1 aliphatic carbocycles. The van der Waals surface area contributed by atoms with Gasteiger partial charge in [0.25, 0.3) is 0 Å². The molecule has 0 spiro atoms. The molecule has 6 heteroatoms. The zero-order chi connectivity index (χ0) is 14.4. The number of amides is 1. The van der Waals surface area contributed by atoms with Crippen molar-refractivity contribution in [2.24, 2.45) is 16.3 Å². The number of hydrogen-bond acceptors (Lipinski definition) is 4. The minimum atomic E-state index is -0.832. The van der Waals surface area contributed by atoms with Crippen molar-refractivity contribution >= 4 is 11.7 Å². The van der Waals surface area contributed by atoms with E-state index < -0.39 is 5.41 Å². The van der Waals surface area contributed by atoms with Crippen molar-refractivity contribution in [3.05, 3.63) is 0 Å². The number of hydrogen-bond donors (Lipinski definition) is 3. The predicted molar refractivity (Wildman–Crippen MR) is 75.5 cm³/mol. The lowest BCUT2D eigenvalue weighted by Crippen LogP contribution is -2.52. The van der Waals surface area contributed by atoms with Gasteiger partial charge in [-0.3, -0.25) is 4.79 Å². The van der Waals surface area contributed by atoms with E-state index in [1.807, 2.05) is 0 Å². The minimum absolute atomic E-state index is 0.0410. The molecule has 0 aromatic rings. The van der Waals surface area contributed by atoms with Gasteiger partial charge in [0.2, 0.25) is 5.91 Å². The van der Waals surface area contributed by atoms with Gasteiger partial charge in [-0.25, -0.2) is 0 Å². The molecule has 1 heterocycles. The number of ether oxygens (including phenoxy) is 1. The molecule has 2 rings (SSSR count). The zero-order valence-electron chi connectivity index (χ0n) is 11.9. The maximum Gasteiger partial charge on any atom is 0.234 e. The first-order valence-electron chi connectivity index (χ1n) is 7.57. The maximum atomic E-state index is 12.5. The van der Waals surface area contributed by atoms with E-state index in [-0.39, 0.29) is 17.8 Å². The van der Waals surface area contributed by atoms with Crippen LogP contribution in [0.2, 0.25) is 0 Å². The minimum Gasteiger partial charge on any atom is -0.409 e. The van der Waals surface area contributed by atoms with Gasteiger partial charge in [0.1, 0.15) is 5.41 Å². The summed E-state index contributed by atoms with van der Waals surface area (Å²) in [5.74, 6) is -0.0825. The number of carbonyl (C=O) groups excluding carboxylic acids is 1. The Morgan fingerprint density at radius 2 is 2.05 bits per heavy atom. The number of nitrogens with one attached hydrogen (secondary N) is 1. The Labute approximate surface area is 119 Å². The molecule has 0 radical (unpaired) electrons. The van der Waals surface area contributed by atoms with Crippen molar-refractivity contribution in [3.8, 4) is 0 Å². The van der Waals surface area contributed by atoms with Crippen LogP contribution in [0.4, 0.5) is 0 Å². The van der Waals surface area contributed by atoms with Crippen LogP contribution in [0, 0.1) is 5.41 Å². The highest BCUT2D eigenvalue weighted by Crippen LogP contribution is 2.36. The van der Waals surface area contributed by atoms with E-state index in [4.69, 9.17) is 15.7 Å². The summed E-state index contributed by atoms with van der Waals surface area (Å²) in [6, 6.07) is 0. The number of carbonyl (C=O) groups is 1. The summed E-state index contributed by atoms with van der Waals surface area (Å²) < 4.78 is 5.61. The molecule has 0 aromatic carbocycles. The molecule has 1 unspecified atom stereocenters. The lowest BCUT2D eigenvalue weighted by molar-refractivity contribution is -0.130. The Balaban J connectivity index is 1.96. The normalized spacial score (nSPS) is 27.0. The van der Waals surface area contributed by atoms with Gasteiger partial charge in [0, 0.05) is 13.2 Å². The fourth-order valence-corrected chi connectivity index (χ4v) is 3.19. The van der Waals surface area contributed by atoms with Gasteiger partial charge in [-0.1, -0.05) is 24.4 Å². The second kappa shape index (κ2) is 6.92. The van der Waals surface area contributed by atoms with Gasteiger partial charge in [-0.15, -0.1) is 0 Å². The fraction of sp³-hybridized carbons (Fsp3) is 0.857. The Kier molecular flexibility index (Phi) is 5.23. The van der Waals surface area contributed by atoms with Crippen LogP contribution < -0.4 is 11.1 Å². The third-order valence-corrected chi connectivity index (χ3v) is 4.50. The first kappa shape index (κ1) is 15.1. The summed E-state index contributed by atoms with van der Waals surface area (Å²) in [4.78, 5) is 12.5. The SMILES string of the molecule is NC(=NO)C1(C(=O)NCC2CCCCO2)CCCCC1. The summed E-state index contributed by atoms with van der Waals surface area (Å²) in [5, 5.41) is 15.0. The molecule has 1 amide bonds. The first-order chi connectivity index (χ1) is 9.69. The van der Waals surface area contributed by atoms with Crippen LogP contribution in [0.3, 0.4) is 0 Å². The molecule has 114 valence electrons. The number of nitrogens with zero attached hydrogens (tertiary/aromatic N) is 1. The van der Waals surface area contributed by atoms with E-state index >= 15 is 0 Å². The molecule has 1 saturated heterocycles. The fourth-order valence-electron chi connectivity index (χ4n) is 3.19. The molecule has 2 aliphatic rings. The molecule has 4 N–H and O–H groups in total. The van der Waals surface area contributed by atoms with Crippen LogP contribution in [0.25, 0.3) is 0 Å². The van der Waals surface area contributed by atoms with Crippen molar-refractivity contribution in [2.75, 3.05) is 13.2 Å². The Morgan fingerprint density at radius 3 is 2.65 bits per heavy atom. The highest BCUT2D eigenvalue weighted by Gasteiger charge is 2.43. The number of nitrogens with two attached hydrogens (primary N) is 1. The van der Waals surface area contributed by atoms with Crippen molar-refractivity contribution in [3.63, 3.8) is 0 Å². The van der Waals surface area contributed by atoms with Gasteiger partial charge >= 0.3 is 0 Å². The molecule has 1 aliphatic heterocycles. The van der Waals surface area contributed by atoms with Crippen molar-refractivity contribution in [1.29, 1.82) is 0 Å². The van der Waals surface area contributed by atoms with Crippen molar-refractivity contribution in [1.82, 2.24) is 5.32 Å². The molecular formula is C14H25N3O3. The molecule has 6 nitrogen and oxygen atoms in total. The Morgan fingerprint density at radius 1 is 1.30 bits per heavy atom. The van der Waals surface area contributed by atoms with Crippen LogP contribution in [0.15, 0.2) is 5.16 Å². The largest absolute Gasteiger partial charge is 0.409 e. The topological polar surface area (TPSA) is 96.9 Å². The maximum absolute atomic E-state index is 12.5. The van der Waals surface area contributed by atoms with E-state index in [2.05, 4.69) is 10.5 Å². The highest BCUT2D eigenvalue weighted by atomic mass is 16.5. The van der Waals surface area contributed by atoms with E-state index in [1.54, 1.807) is 0 Å². The van der Waals surface area contributed by atoms with Crippen LogP contribution >= 0.6 is 0 Å². The van der Waals surface area contributed by atoms with E-state index in [0.717, 1.165) is 45.1 Å². The van der Waals surface area contributed by atoms with Gasteiger partial charge in [0.15, 0.2) is 5.84 Å². The Bertz CT molecular complexity index is 359. The molecular weight excluding hydrogens is 258 g/mol. The molecule has 20 heavy (non-hydrogen) atoms. The second-order valence-corrected chi connectivity index (χ2v) is 5.83. The number of oxime groups is 1. The quantitative estimate of drug-likeness (QED) is 0.314. The van der Waals surface area contributed by atoms with Crippen LogP contribution in [-0.2, 0) is 9.53 Å². The molecule has 0 bridgehead atoms. The predicted octanol–water partition coefficient (Wildman–Crippen LogP) is 1.37. The smallest absolute Gasteiger partial charge is 0.234 e. The van der Waals surface area contributed by atoms with E-state index in [9.17, 15) is 4.79 Å². The van der Waals surface area contributed by atoms with Crippen molar-refractivity contribution in [2.45, 2.75) is 57.5 Å². The van der Waals surface area contributed by atoms with Gasteiger partial charge in [-0.05, 0) is 32.1 Å². The van der Waals surface area contributed by atoms with E-state index in [0.29, 0.717) is 19.4 Å². The second-order valence-electron chi connectivity index (χ2n) is 5.83. The molecule has 0 aromatic heterocycles. The zero-order valence-corrected chi connectivity index (χ0v) is 11.9. The molecule has 1 atom stereocenters. The average molecular weight is 283 g/mol. The number of rotatable bonds is 4. The van der Waals surface area contributed by atoms with Gasteiger partial charge in [0.05, 0.1) is 6.10 Å². The highest BCUT2D eigenvalue weighted by molar-refractivity contribution is 6.06. The lowest BCUT2D eigenvalue weighted by atomic mass is 9.72. The van der Waals surface area contributed by atoms with Crippen LogP contribution in [0.1, 0.15) is 51.4 Å². The monoisotopic (exact) mass is 283 g/mol. The first-order valence-corrected chi connectivity index (χ1v) is 7.57. The standard InChI is InChI=1S/C14H25N3O3/c15-12(17-19)14(7-3-1-4-8-14)13(18)16-10-11-6-2-5-9-20-11/h11,19H,1-10H2,(H2,15,17)(H,16,18). The Hall–Kier alpha value is -1.30. The lowest BCUT2D eigenvalue weighted by Gasteiger charge is -2.35. The summed E-state index contributed by atoms with van der Waals surface area (Å²) in [6.45, 7) is 1.28. The van der Waals surface area contributed by atoms with E-state index in [1.165, 1.54) is 0 Å². The summed E-state index contributed by atoms with van der Waals surface area (Å²) in [6.07, 6.45) is 7.59. The summed E-state index contributed by atoms with van der Waals surface area (Å²) in [5.41, 5.74) is 4.97. The third-order valence-electron chi connectivity index (χ3n) is 4.50. The number of amidine groups is 1. The van der Waals surface area contributed by atoms with Crippen molar-refractivity contribution < 1.29 is 14.7 Å². The summed E-state index contributed by atoms with van der Waals surface area (Å²) >= 11 is 0. The van der Waals surface area contributed by atoms with Crippen LogP contribution in [-0.4, -0.2) is 36.2 Å². The van der Waals surface area contributed by atoms with Gasteiger partial charge in [-0.2, -0.15) is 0 Å². The summed E-state index contributed by atoms with van der Waals surface area (Å²) in [7, 11) is 0. The average Bonchev–Trinajstić information content (AvgIpc) is 2.53. The molecule has 2 fully saturated rings. The third kappa shape index (κ3) is 3.23.